The van der Waals surface area contributed by atoms with E-state index in [-0.39, 0.29) is 18.0 Å². The van der Waals surface area contributed by atoms with Crippen LogP contribution in [0.2, 0.25) is 0 Å². The third kappa shape index (κ3) is 41.7. The minimum absolute atomic E-state index is 0.0147. The molecule has 0 saturated carbocycles. The molecule has 0 aliphatic rings. The minimum Gasteiger partial charge on any atom is -0.463 e. The van der Waals surface area contributed by atoms with E-state index in [0.29, 0.717) is 13.0 Å². The average molecular weight is 786 g/mol. The first kappa shape index (κ1) is 54.1. The highest BCUT2D eigenvalue weighted by atomic mass is 16.5. The van der Waals surface area contributed by atoms with Gasteiger partial charge in [-0.05, 0) is 117 Å². The molecule has 0 N–H and O–H groups in total. The summed E-state index contributed by atoms with van der Waals surface area (Å²) in [6, 6.07) is 0. The molecule has 5 nitrogen and oxygen atoms in total. The second-order valence-corrected chi connectivity index (χ2v) is 17.0. The lowest BCUT2D eigenvalue weighted by Crippen LogP contribution is -2.20. The van der Waals surface area contributed by atoms with Crippen molar-refractivity contribution >= 4 is 11.9 Å². The molecule has 0 bridgehead atoms. The highest BCUT2D eigenvalue weighted by Gasteiger charge is 2.14. The molecule has 0 saturated heterocycles. The van der Waals surface area contributed by atoms with Gasteiger partial charge in [0.25, 0.3) is 0 Å². The monoisotopic (exact) mass is 786 g/mol. The first-order valence-electron chi connectivity index (χ1n) is 24.4. The molecule has 1 unspecified atom stereocenters. The number of nitrogens with zero attached hydrogens (tertiary/aromatic N) is 1. The van der Waals surface area contributed by atoms with Gasteiger partial charge in [0.1, 0.15) is 6.10 Å². The Morgan fingerprint density at radius 2 is 0.946 bits per heavy atom. The van der Waals surface area contributed by atoms with E-state index in [1.807, 2.05) is 6.08 Å². The largest absolute Gasteiger partial charge is 0.463 e. The van der Waals surface area contributed by atoms with Gasteiger partial charge in [-0.1, -0.05) is 173 Å². The lowest BCUT2D eigenvalue weighted by molar-refractivity contribution is -0.150. The predicted octanol–water partition coefficient (Wildman–Crippen LogP) is 15.8. The Morgan fingerprint density at radius 3 is 1.52 bits per heavy atom. The summed E-state index contributed by atoms with van der Waals surface area (Å²) < 4.78 is 11.6. The smallest absolute Gasteiger partial charge is 0.330 e. The van der Waals surface area contributed by atoms with E-state index in [4.69, 9.17) is 9.47 Å². The van der Waals surface area contributed by atoms with Gasteiger partial charge < -0.3 is 14.4 Å². The Morgan fingerprint density at radius 1 is 0.500 bits per heavy atom. The molecule has 0 aliphatic carbocycles. The molecule has 56 heavy (non-hydrogen) atoms. The van der Waals surface area contributed by atoms with Crippen molar-refractivity contribution < 1.29 is 19.1 Å². The van der Waals surface area contributed by atoms with Crippen molar-refractivity contribution in [2.24, 2.45) is 0 Å². The lowest BCUT2D eigenvalue weighted by atomic mass is 10.00. The van der Waals surface area contributed by atoms with E-state index in [0.717, 1.165) is 70.8 Å². The maximum atomic E-state index is 12.6. The van der Waals surface area contributed by atoms with E-state index < -0.39 is 0 Å². The topological polar surface area (TPSA) is 55.8 Å². The summed E-state index contributed by atoms with van der Waals surface area (Å²) in [5.41, 5.74) is 1.29. The van der Waals surface area contributed by atoms with Crippen LogP contribution in [-0.4, -0.2) is 50.2 Å². The van der Waals surface area contributed by atoms with Gasteiger partial charge in [-0.3, -0.25) is 4.79 Å². The van der Waals surface area contributed by atoms with Crippen molar-refractivity contribution in [2.45, 2.75) is 252 Å². The normalized spacial score (nSPS) is 12.7. The van der Waals surface area contributed by atoms with Gasteiger partial charge in [0.2, 0.25) is 0 Å². The summed E-state index contributed by atoms with van der Waals surface area (Å²) in [5, 5.41) is 0. The molecule has 0 aromatic heterocycles. The number of carbonyl (C=O) groups is 2. The van der Waals surface area contributed by atoms with Gasteiger partial charge in [0.15, 0.2) is 0 Å². The summed E-state index contributed by atoms with van der Waals surface area (Å²) in [6.45, 7) is 8.22. The molecule has 0 radical (unpaired) electrons. The van der Waals surface area contributed by atoms with E-state index in [2.05, 4.69) is 64.1 Å². The van der Waals surface area contributed by atoms with Crippen LogP contribution in [0.1, 0.15) is 245 Å². The Labute approximate surface area is 349 Å². The zero-order valence-electron chi connectivity index (χ0n) is 38.2. The number of hydrogen-bond donors (Lipinski definition) is 0. The molecule has 0 aromatic rings. The van der Waals surface area contributed by atoms with Gasteiger partial charge >= 0.3 is 11.9 Å². The maximum absolute atomic E-state index is 12.6. The molecular formula is C51H95NO4. The van der Waals surface area contributed by atoms with E-state index >= 15 is 0 Å². The van der Waals surface area contributed by atoms with Crippen molar-refractivity contribution in [3.8, 4) is 0 Å². The van der Waals surface area contributed by atoms with Gasteiger partial charge in [-0.15, -0.1) is 0 Å². The van der Waals surface area contributed by atoms with Crippen molar-refractivity contribution in [3.05, 3.63) is 36.0 Å². The summed E-state index contributed by atoms with van der Waals surface area (Å²) in [7, 11) is 4.11. The molecule has 0 aliphatic heterocycles. The number of hydrogen-bond acceptors (Lipinski definition) is 5. The highest BCUT2D eigenvalue weighted by Crippen LogP contribution is 2.20. The van der Waals surface area contributed by atoms with E-state index in [1.54, 1.807) is 0 Å². The third-order valence-electron chi connectivity index (χ3n) is 11.0. The number of unbranched alkanes of at least 4 members (excludes halogenated alkanes) is 23. The Balaban J connectivity index is 4.20. The Kier molecular flexibility index (Phi) is 42.7. The third-order valence-corrected chi connectivity index (χ3v) is 11.0. The zero-order chi connectivity index (χ0) is 41.0. The quantitative estimate of drug-likeness (QED) is 0.0267. The maximum Gasteiger partial charge on any atom is 0.330 e. The second kappa shape index (κ2) is 44.2. The van der Waals surface area contributed by atoms with Crippen LogP contribution in [0.5, 0.6) is 0 Å². The zero-order valence-corrected chi connectivity index (χ0v) is 38.2. The van der Waals surface area contributed by atoms with Crippen LogP contribution in [0, 0.1) is 0 Å². The van der Waals surface area contributed by atoms with Crippen molar-refractivity contribution in [1.82, 2.24) is 4.90 Å². The van der Waals surface area contributed by atoms with Gasteiger partial charge in [0, 0.05) is 12.5 Å². The van der Waals surface area contributed by atoms with Crippen molar-refractivity contribution in [2.75, 3.05) is 27.2 Å². The molecule has 0 rings (SSSR count). The van der Waals surface area contributed by atoms with Crippen LogP contribution in [0.4, 0.5) is 0 Å². The fourth-order valence-corrected chi connectivity index (χ4v) is 7.33. The molecule has 328 valence electrons. The Hall–Kier alpha value is -1.88. The molecule has 5 heteroatoms. The first-order chi connectivity index (χ1) is 27.4. The second-order valence-electron chi connectivity index (χ2n) is 17.0. The van der Waals surface area contributed by atoms with Crippen LogP contribution < -0.4 is 0 Å². The summed E-state index contributed by atoms with van der Waals surface area (Å²) in [5.74, 6) is -0.148. The van der Waals surface area contributed by atoms with Crippen molar-refractivity contribution in [1.29, 1.82) is 0 Å². The predicted molar refractivity (Wildman–Crippen MR) is 244 cm³/mol. The van der Waals surface area contributed by atoms with Gasteiger partial charge in [-0.25, -0.2) is 4.79 Å². The molecular weight excluding hydrogens is 691 g/mol. The van der Waals surface area contributed by atoms with Crippen molar-refractivity contribution in [3.63, 3.8) is 0 Å². The molecule has 1 atom stereocenters. The van der Waals surface area contributed by atoms with Crippen LogP contribution >= 0.6 is 0 Å². The average Bonchev–Trinajstić information content (AvgIpc) is 3.17. The first-order valence-corrected chi connectivity index (χ1v) is 24.4. The van der Waals surface area contributed by atoms with Crippen LogP contribution in [-0.2, 0) is 19.1 Å². The number of rotatable bonds is 43. The molecule has 0 spiro atoms. The number of carbonyl (C=O) groups excluding carboxylic acids is 2. The standard InChI is InChI=1S/C51H95NO4/c1-6-9-12-14-16-17-18-19-20-21-22-23-24-27-31-36-42-49(56-50(53)44-39-45-52(4)5)43-37-32-28-25-26-29-33-38-46-55-51(54)47-48(40-34-11-8-3)41-35-30-15-13-10-7-2/h16-17,19-20,47,49H,6-15,18,21-46H2,1-5H3/b17-16-,20-19-,48-47+. The van der Waals surface area contributed by atoms with E-state index in [1.165, 1.54) is 160 Å². The van der Waals surface area contributed by atoms with Crippen LogP contribution in [0.25, 0.3) is 0 Å². The summed E-state index contributed by atoms with van der Waals surface area (Å²) in [6.07, 6.45) is 52.5. The van der Waals surface area contributed by atoms with Crippen LogP contribution in [0.3, 0.4) is 0 Å². The molecule has 0 amide bonds. The summed E-state index contributed by atoms with van der Waals surface area (Å²) in [4.78, 5) is 27.3. The number of allylic oxidation sites excluding steroid dienone is 5. The van der Waals surface area contributed by atoms with E-state index in [9.17, 15) is 9.59 Å². The Bertz CT molecular complexity index is 938. The highest BCUT2D eigenvalue weighted by molar-refractivity contribution is 5.82. The molecule has 0 fully saturated rings. The van der Waals surface area contributed by atoms with Gasteiger partial charge in [0.05, 0.1) is 6.61 Å². The number of esters is 2. The summed E-state index contributed by atoms with van der Waals surface area (Å²) >= 11 is 0. The minimum atomic E-state index is -0.133. The number of ether oxygens (including phenoxy) is 2. The SMILES string of the molecule is CCCCC/C=C\C/C=C\CCCCCCCCC(CCCCCCCCCCOC(=O)/C=C(\CCCCC)CCCCCCCC)OC(=O)CCCN(C)C. The fourth-order valence-electron chi connectivity index (χ4n) is 7.33. The lowest BCUT2D eigenvalue weighted by Gasteiger charge is -2.18. The molecule has 0 aromatic carbocycles. The molecule has 0 heterocycles. The van der Waals surface area contributed by atoms with Crippen LogP contribution in [0.15, 0.2) is 36.0 Å². The van der Waals surface area contributed by atoms with Gasteiger partial charge in [-0.2, -0.15) is 0 Å². The fraction of sp³-hybridized carbons (Fsp3) is 0.843.